The topological polar surface area (TPSA) is 31.4 Å². The van der Waals surface area contributed by atoms with Crippen LogP contribution in [0.15, 0.2) is 18.5 Å². The third-order valence-corrected chi connectivity index (χ3v) is 3.48. The summed E-state index contributed by atoms with van der Waals surface area (Å²) < 4.78 is 0. The molecular weight excluding hydrogens is 212 g/mol. The van der Waals surface area contributed by atoms with Crippen LogP contribution in [0.1, 0.15) is 12.0 Å². The Morgan fingerprint density at radius 3 is 3.00 bits per heavy atom. The van der Waals surface area contributed by atoms with Crippen molar-refractivity contribution in [2.24, 2.45) is 0 Å². The van der Waals surface area contributed by atoms with E-state index >= 15 is 0 Å². The molecule has 1 aliphatic heterocycles. The Labute approximate surface area is 104 Å². The van der Waals surface area contributed by atoms with Gasteiger partial charge in [0.1, 0.15) is 0 Å². The largest absolute Gasteiger partial charge is 0.370 e. The average Bonchev–Trinajstić information content (AvgIpc) is 2.79. The fraction of sp³-hybridized carbons (Fsp3) is 0.615. The Balaban J connectivity index is 2.12. The first-order valence-electron chi connectivity index (χ1n) is 6.21. The van der Waals surface area contributed by atoms with Crippen molar-refractivity contribution in [1.82, 2.24) is 15.2 Å². The summed E-state index contributed by atoms with van der Waals surface area (Å²) in [6.45, 7) is 3.14. The standard InChI is InChI=1S/C13H22N4/c1-14-8-11-9-15-6-4-13(11)17-7-5-12(10-17)16(2)3/h4,6,9,12,14H,5,7-8,10H2,1-3H3. The second kappa shape index (κ2) is 5.47. The highest BCUT2D eigenvalue weighted by Gasteiger charge is 2.25. The van der Waals surface area contributed by atoms with Crippen molar-refractivity contribution in [3.8, 4) is 0 Å². The number of aromatic nitrogens is 1. The summed E-state index contributed by atoms with van der Waals surface area (Å²) in [5.41, 5.74) is 2.62. The van der Waals surface area contributed by atoms with Gasteiger partial charge < -0.3 is 15.1 Å². The van der Waals surface area contributed by atoms with Crippen LogP contribution in [0, 0.1) is 0 Å². The van der Waals surface area contributed by atoms with Gasteiger partial charge in [0, 0.05) is 49.3 Å². The van der Waals surface area contributed by atoms with Crippen LogP contribution >= 0.6 is 0 Å². The van der Waals surface area contributed by atoms with Gasteiger partial charge in [-0.3, -0.25) is 4.98 Å². The lowest BCUT2D eigenvalue weighted by Gasteiger charge is -2.23. The van der Waals surface area contributed by atoms with Crippen molar-refractivity contribution in [2.75, 3.05) is 39.1 Å². The van der Waals surface area contributed by atoms with Gasteiger partial charge >= 0.3 is 0 Å². The van der Waals surface area contributed by atoms with Crippen molar-refractivity contribution >= 4 is 5.69 Å². The van der Waals surface area contributed by atoms with Crippen molar-refractivity contribution in [2.45, 2.75) is 19.0 Å². The van der Waals surface area contributed by atoms with E-state index in [0.717, 1.165) is 19.6 Å². The summed E-state index contributed by atoms with van der Waals surface area (Å²) in [4.78, 5) is 9.00. The van der Waals surface area contributed by atoms with Crippen LogP contribution in [-0.2, 0) is 6.54 Å². The molecule has 0 radical (unpaired) electrons. The smallest absolute Gasteiger partial charge is 0.0443 e. The number of hydrogen-bond donors (Lipinski definition) is 1. The first-order valence-corrected chi connectivity index (χ1v) is 6.21. The minimum Gasteiger partial charge on any atom is -0.370 e. The fourth-order valence-electron chi connectivity index (χ4n) is 2.44. The monoisotopic (exact) mass is 234 g/mol. The summed E-state index contributed by atoms with van der Waals surface area (Å²) in [6, 6.07) is 2.80. The van der Waals surface area contributed by atoms with Gasteiger partial charge in [0.15, 0.2) is 0 Å². The number of anilines is 1. The van der Waals surface area contributed by atoms with E-state index in [9.17, 15) is 0 Å². The minimum atomic E-state index is 0.672. The predicted octanol–water partition coefficient (Wildman–Crippen LogP) is 0.941. The van der Waals surface area contributed by atoms with Gasteiger partial charge in [0.2, 0.25) is 0 Å². The summed E-state index contributed by atoms with van der Waals surface area (Å²) in [5, 5.41) is 3.20. The Bertz CT molecular complexity index is 364. The molecular formula is C13H22N4. The highest BCUT2D eigenvalue weighted by molar-refractivity contribution is 5.53. The Morgan fingerprint density at radius 1 is 1.53 bits per heavy atom. The molecule has 94 valence electrons. The van der Waals surface area contributed by atoms with E-state index < -0.39 is 0 Å². The van der Waals surface area contributed by atoms with Crippen LogP contribution in [0.3, 0.4) is 0 Å². The third-order valence-electron chi connectivity index (χ3n) is 3.48. The van der Waals surface area contributed by atoms with E-state index in [1.54, 1.807) is 0 Å². The number of hydrogen-bond acceptors (Lipinski definition) is 4. The lowest BCUT2D eigenvalue weighted by atomic mass is 10.2. The molecule has 1 fully saturated rings. The van der Waals surface area contributed by atoms with Gasteiger partial charge in [-0.15, -0.1) is 0 Å². The molecule has 0 bridgehead atoms. The molecule has 0 spiro atoms. The third kappa shape index (κ3) is 2.76. The zero-order valence-corrected chi connectivity index (χ0v) is 11.0. The van der Waals surface area contributed by atoms with Crippen LogP contribution < -0.4 is 10.2 Å². The van der Waals surface area contributed by atoms with Gasteiger partial charge in [-0.2, -0.15) is 0 Å². The number of rotatable bonds is 4. The van der Waals surface area contributed by atoms with E-state index in [-0.39, 0.29) is 0 Å². The fourth-order valence-corrected chi connectivity index (χ4v) is 2.44. The van der Waals surface area contributed by atoms with E-state index in [4.69, 9.17) is 0 Å². The number of likely N-dealkylation sites (N-methyl/N-ethyl adjacent to an activating group) is 1. The van der Waals surface area contributed by atoms with Gasteiger partial charge in [0.05, 0.1) is 0 Å². The maximum atomic E-state index is 4.21. The molecule has 0 aliphatic carbocycles. The summed E-state index contributed by atoms with van der Waals surface area (Å²) in [7, 11) is 6.30. The van der Waals surface area contributed by atoms with Gasteiger partial charge in [-0.1, -0.05) is 0 Å². The Hall–Kier alpha value is -1.13. The highest BCUT2D eigenvalue weighted by Crippen LogP contribution is 2.25. The van der Waals surface area contributed by atoms with Crippen LogP contribution in [0.2, 0.25) is 0 Å². The van der Waals surface area contributed by atoms with E-state index in [1.165, 1.54) is 17.7 Å². The molecule has 0 saturated carbocycles. The molecule has 1 aliphatic rings. The highest BCUT2D eigenvalue weighted by atomic mass is 15.2. The molecule has 1 aromatic heterocycles. The second-order valence-electron chi connectivity index (χ2n) is 4.89. The molecule has 1 atom stereocenters. The van der Waals surface area contributed by atoms with Crippen LogP contribution in [0.25, 0.3) is 0 Å². The van der Waals surface area contributed by atoms with Crippen molar-refractivity contribution < 1.29 is 0 Å². The first kappa shape index (κ1) is 12.3. The molecule has 0 aromatic carbocycles. The molecule has 1 saturated heterocycles. The molecule has 2 heterocycles. The molecule has 2 rings (SSSR count). The number of pyridine rings is 1. The average molecular weight is 234 g/mol. The lowest BCUT2D eigenvalue weighted by molar-refractivity contribution is 0.315. The second-order valence-corrected chi connectivity index (χ2v) is 4.89. The lowest BCUT2D eigenvalue weighted by Crippen LogP contribution is -2.31. The first-order chi connectivity index (χ1) is 8.22. The van der Waals surface area contributed by atoms with Crippen LogP contribution in [0.4, 0.5) is 5.69 Å². The molecule has 4 heteroatoms. The Morgan fingerprint density at radius 2 is 2.35 bits per heavy atom. The zero-order valence-electron chi connectivity index (χ0n) is 11.0. The normalized spacial score (nSPS) is 20.2. The predicted molar refractivity (Wildman–Crippen MR) is 71.3 cm³/mol. The summed E-state index contributed by atoms with van der Waals surface area (Å²) in [6.07, 6.45) is 5.10. The van der Waals surface area contributed by atoms with Crippen molar-refractivity contribution in [1.29, 1.82) is 0 Å². The quantitative estimate of drug-likeness (QED) is 0.840. The maximum Gasteiger partial charge on any atom is 0.0443 e. The zero-order chi connectivity index (χ0) is 12.3. The van der Waals surface area contributed by atoms with E-state index in [0.29, 0.717) is 6.04 Å². The molecule has 1 N–H and O–H groups in total. The molecule has 17 heavy (non-hydrogen) atoms. The number of nitrogens with zero attached hydrogens (tertiary/aromatic N) is 3. The number of nitrogens with one attached hydrogen (secondary N) is 1. The van der Waals surface area contributed by atoms with Gasteiger partial charge in [-0.05, 0) is 33.6 Å². The van der Waals surface area contributed by atoms with Gasteiger partial charge in [-0.25, -0.2) is 0 Å². The van der Waals surface area contributed by atoms with E-state index in [1.807, 2.05) is 19.4 Å². The SMILES string of the molecule is CNCc1cnccc1N1CCC(N(C)C)C1. The van der Waals surface area contributed by atoms with Crippen LogP contribution in [-0.4, -0.2) is 50.2 Å². The van der Waals surface area contributed by atoms with E-state index in [2.05, 4.69) is 40.3 Å². The summed E-state index contributed by atoms with van der Waals surface area (Å²) in [5.74, 6) is 0. The minimum absolute atomic E-state index is 0.672. The summed E-state index contributed by atoms with van der Waals surface area (Å²) >= 11 is 0. The molecule has 0 amide bonds. The van der Waals surface area contributed by atoms with Gasteiger partial charge in [0.25, 0.3) is 0 Å². The Kier molecular flexibility index (Phi) is 3.97. The maximum absolute atomic E-state index is 4.21. The van der Waals surface area contributed by atoms with Crippen molar-refractivity contribution in [3.05, 3.63) is 24.0 Å². The molecule has 1 aromatic rings. The molecule has 4 nitrogen and oxygen atoms in total. The molecule has 1 unspecified atom stereocenters. The van der Waals surface area contributed by atoms with Crippen LogP contribution in [0.5, 0.6) is 0 Å². The van der Waals surface area contributed by atoms with Crippen molar-refractivity contribution in [3.63, 3.8) is 0 Å².